The number of benzene rings is 1. The van der Waals surface area contributed by atoms with Crippen molar-refractivity contribution in [2.24, 2.45) is 0 Å². The number of aliphatic hydroxyl groups excluding tert-OH is 1. The standard InChI is InChI=1S/C13H19NO4/c15-7-2-1-6-14-9-11-4-3-5-12(8-11)18-10-13(16)17/h3-5,8,14-15H,1-2,6-7,9-10H2,(H,16,17). The van der Waals surface area contributed by atoms with Gasteiger partial charge in [0.15, 0.2) is 6.61 Å². The summed E-state index contributed by atoms with van der Waals surface area (Å²) in [6.45, 7) is 1.45. The SMILES string of the molecule is O=C(O)COc1cccc(CNCCCCO)c1. The Morgan fingerprint density at radius 3 is 2.89 bits per heavy atom. The molecule has 5 heteroatoms. The van der Waals surface area contributed by atoms with Crippen LogP contribution >= 0.6 is 0 Å². The lowest BCUT2D eigenvalue weighted by Crippen LogP contribution is -2.15. The number of carboxylic acid groups (broad SMARTS) is 1. The molecule has 0 bridgehead atoms. The molecule has 0 aromatic heterocycles. The summed E-state index contributed by atoms with van der Waals surface area (Å²) >= 11 is 0. The van der Waals surface area contributed by atoms with Gasteiger partial charge in [-0.3, -0.25) is 0 Å². The van der Waals surface area contributed by atoms with Gasteiger partial charge in [-0.1, -0.05) is 12.1 Å². The minimum Gasteiger partial charge on any atom is -0.482 e. The Balaban J connectivity index is 2.32. The minimum absolute atomic E-state index is 0.222. The molecule has 18 heavy (non-hydrogen) atoms. The molecule has 0 amide bonds. The highest BCUT2D eigenvalue weighted by Crippen LogP contribution is 2.13. The predicted molar refractivity (Wildman–Crippen MR) is 67.6 cm³/mol. The molecule has 0 atom stereocenters. The van der Waals surface area contributed by atoms with E-state index < -0.39 is 5.97 Å². The lowest BCUT2D eigenvalue weighted by Gasteiger charge is -2.07. The Kier molecular flexibility index (Phi) is 6.83. The van der Waals surface area contributed by atoms with Crippen molar-refractivity contribution in [3.63, 3.8) is 0 Å². The normalized spacial score (nSPS) is 10.3. The molecule has 1 aromatic carbocycles. The molecule has 0 aliphatic carbocycles. The number of carbonyl (C=O) groups is 1. The van der Waals surface area contributed by atoms with Crippen molar-refractivity contribution in [2.75, 3.05) is 19.8 Å². The third-order valence-corrected chi connectivity index (χ3v) is 2.35. The zero-order valence-corrected chi connectivity index (χ0v) is 10.3. The van der Waals surface area contributed by atoms with E-state index in [-0.39, 0.29) is 13.2 Å². The van der Waals surface area contributed by atoms with Gasteiger partial charge in [-0.15, -0.1) is 0 Å². The minimum atomic E-state index is -0.984. The molecule has 3 N–H and O–H groups in total. The number of hydrogen-bond donors (Lipinski definition) is 3. The van der Waals surface area contributed by atoms with Crippen LogP contribution in [0.5, 0.6) is 5.75 Å². The molecule has 1 rings (SSSR count). The summed E-state index contributed by atoms with van der Waals surface area (Å²) < 4.78 is 5.09. The molecule has 1 aromatic rings. The van der Waals surface area contributed by atoms with Gasteiger partial charge in [-0.2, -0.15) is 0 Å². The Hall–Kier alpha value is -1.59. The van der Waals surface area contributed by atoms with Crippen molar-refractivity contribution in [2.45, 2.75) is 19.4 Å². The van der Waals surface area contributed by atoms with Crippen molar-refractivity contribution in [3.05, 3.63) is 29.8 Å². The van der Waals surface area contributed by atoms with Gasteiger partial charge < -0.3 is 20.3 Å². The second kappa shape index (κ2) is 8.49. The van der Waals surface area contributed by atoms with Crippen molar-refractivity contribution in [1.29, 1.82) is 0 Å². The van der Waals surface area contributed by atoms with Gasteiger partial charge in [0, 0.05) is 13.2 Å². The number of carboxylic acids is 1. The van der Waals surface area contributed by atoms with Gasteiger partial charge in [0.05, 0.1) is 0 Å². The summed E-state index contributed by atoms with van der Waals surface area (Å²) in [5.74, 6) is -0.422. The van der Waals surface area contributed by atoms with Gasteiger partial charge >= 0.3 is 5.97 Å². The van der Waals surface area contributed by atoms with Crippen LogP contribution in [0, 0.1) is 0 Å². The van der Waals surface area contributed by atoms with Crippen LogP contribution in [-0.4, -0.2) is 35.9 Å². The van der Waals surface area contributed by atoms with Gasteiger partial charge in [0.25, 0.3) is 0 Å². The first-order chi connectivity index (χ1) is 8.72. The molecule has 0 saturated heterocycles. The first-order valence-electron chi connectivity index (χ1n) is 5.97. The maximum absolute atomic E-state index is 10.4. The molecular weight excluding hydrogens is 234 g/mol. The topological polar surface area (TPSA) is 78.8 Å². The fourth-order valence-corrected chi connectivity index (χ4v) is 1.48. The van der Waals surface area contributed by atoms with Crippen molar-refractivity contribution >= 4 is 5.97 Å². The lowest BCUT2D eigenvalue weighted by atomic mass is 10.2. The number of ether oxygens (including phenoxy) is 1. The van der Waals surface area contributed by atoms with Gasteiger partial charge in [0.1, 0.15) is 5.75 Å². The summed E-state index contributed by atoms with van der Waals surface area (Å²) in [5, 5.41) is 20.4. The van der Waals surface area contributed by atoms with E-state index in [2.05, 4.69) is 5.32 Å². The molecule has 0 aliphatic heterocycles. The fourth-order valence-electron chi connectivity index (χ4n) is 1.48. The van der Waals surface area contributed by atoms with Crippen LogP contribution in [-0.2, 0) is 11.3 Å². The molecule has 100 valence electrons. The van der Waals surface area contributed by atoms with Gasteiger partial charge in [0.2, 0.25) is 0 Å². The van der Waals surface area contributed by atoms with Crippen LogP contribution in [0.2, 0.25) is 0 Å². The lowest BCUT2D eigenvalue weighted by molar-refractivity contribution is -0.139. The first kappa shape index (κ1) is 14.5. The number of nitrogens with one attached hydrogen (secondary N) is 1. The summed E-state index contributed by atoms with van der Waals surface area (Å²) in [6, 6.07) is 7.34. The summed E-state index contributed by atoms with van der Waals surface area (Å²) in [6.07, 6.45) is 1.74. The number of aliphatic carboxylic acids is 1. The van der Waals surface area contributed by atoms with Crippen LogP contribution < -0.4 is 10.1 Å². The van der Waals surface area contributed by atoms with E-state index in [4.69, 9.17) is 14.9 Å². The highest BCUT2D eigenvalue weighted by Gasteiger charge is 2.00. The Labute approximate surface area is 106 Å². The maximum Gasteiger partial charge on any atom is 0.341 e. The monoisotopic (exact) mass is 253 g/mol. The summed E-state index contributed by atoms with van der Waals surface area (Å²) in [7, 11) is 0. The van der Waals surface area contributed by atoms with Crippen LogP contribution in [0.25, 0.3) is 0 Å². The first-order valence-corrected chi connectivity index (χ1v) is 5.97. The predicted octanol–water partition coefficient (Wildman–Crippen LogP) is 1.01. The second-order valence-electron chi connectivity index (χ2n) is 3.94. The molecule has 0 radical (unpaired) electrons. The number of hydrogen-bond acceptors (Lipinski definition) is 4. The Morgan fingerprint density at radius 2 is 2.17 bits per heavy atom. The van der Waals surface area contributed by atoms with Crippen LogP contribution in [0.1, 0.15) is 18.4 Å². The third-order valence-electron chi connectivity index (χ3n) is 2.35. The third kappa shape index (κ3) is 6.22. The maximum atomic E-state index is 10.4. The molecule has 5 nitrogen and oxygen atoms in total. The fraction of sp³-hybridized carbons (Fsp3) is 0.462. The highest BCUT2D eigenvalue weighted by atomic mass is 16.5. The van der Waals surface area contributed by atoms with Crippen molar-refractivity contribution < 1.29 is 19.7 Å². The molecule has 0 spiro atoms. The van der Waals surface area contributed by atoms with E-state index in [1.165, 1.54) is 0 Å². The quantitative estimate of drug-likeness (QED) is 0.572. The van der Waals surface area contributed by atoms with E-state index in [0.29, 0.717) is 12.3 Å². The number of rotatable bonds is 9. The Morgan fingerprint density at radius 1 is 1.33 bits per heavy atom. The van der Waals surface area contributed by atoms with E-state index >= 15 is 0 Å². The van der Waals surface area contributed by atoms with E-state index in [0.717, 1.165) is 24.9 Å². The molecule has 0 unspecified atom stereocenters. The molecule has 0 heterocycles. The summed E-state index contributed by atoms with van der Waals surface area (Å²) in [5.41, 5.74) is 1.04. The highest BCUT2D eigenvalue weighted by molar-refractivity contribution is 5.68. The van der Waals surface area contributed by atoms with E-state index in [9.17, 15) is 4.79 Å². The molecule has 0 fully saturated rings. The smallest absolute Gasteiger partial charge is 0.341 e. The van der Waals surface area contributed by atoms with Gasteiger partial charge in [-0.05, 0) is 37.1 Å². The zero-order valence-electron chi connectivity index (χ0n) is 10.3. The largest absolute Gasteiger partial charge is 0.482 e. The van der Waals surface area contributed by atoms with Crippen molar-refractivity contribution in [1.82, 2.24) is 5.32 Å². The average Bonchev–Trinajstić information content (AvgIpc) is 2.37. The summed E-state index contributed by atoms with van der Waals surface area (Å²) in [4.78, 5) is 10.4. The van der Waals surface area contributed by atoms with Crippen LogP contribution in [0.3, 0.4) is 0 Å². The van der Waals surface area contributed by atoms with E-state index in [1.807, 2.05) is 18.2 Å². The number of aliphatic hydroxyl groups is 1. The molecular formula is C13H19NO4. The molecule has 0 aliphatic rings. The van der Waals surface area contributed by atoms with E-state index in [1.54, 1.807) is 6.07 Å². The second-order valence-corrected chi connectivity index (χ2v) is 3.94. The number of unbranched alkanes of at least 4 members (excludes halogenated alkanes) is 1. The molecule has 0 saturated carbocycles. The van der Waals surface area contributed by atoms with Crippen LogP contribution in [0.15, 0.2) is 24.3 Å². The average molecular weight is 253 g/mol. The van der Waals surface area contributed by atoms with Crippen molar-refractivity contribution in [3.8, 4) is 5.75 Å². The van der Waals surface area contributed by atoms with Crippen LogP contribution in [0.4, 0.5) is 0 Å². The zero-order chi connectivity index (χ0) is 13.2. The Bertz CT molecular complexity index is 368. The van der Waals surface area contributed by atoms with Gasteiger partial charge in [-0.25, -0.2) is 4.79 Å².